The molecule has 1 saturated heterocycles. The van der Waals surface area contributed by atoms with Crippen molar-refractivity contribution in [2.24, 2.45) is 0 Å². The first-order chi connectivity index (χ1) is 23.4. The van der Waals surface area contributed by atoms with Gasteiger partial charge >= 0.3 is 11.9 Å². The van der Waals surface area contributed by atoms with E-state index in [1.165, 1.54) is 0 Å². The van der Waals surface area contributed by atoms with E-state index in [0.717, 1.165) is 12.2 Å². The summed E-state index contributed by atoms with van der Waals surface area (Å²) in [4.78, 5) is 27.1. The molecule has 1 fully saturated rings. The van der Waals surface area contributed by atoms with Gasteiger partial charge in [-0.25, -0.2) is 9.59 Å². The summed E-state index contributed by atoms with van der Waals surface area (Å²) in [5.74, 6) is -2.75. The van der Waals surface area contributed by atoms with Crippen LogP contribution in [0.5, 0.6) is 0 Å². The molecule has 2 atom stereocenters. The standard InChI is InChI=1S/C42H36O6/c1-4-36(43)45-41(32-23-13-7-14-24-32,33-25-15-8-16-26-33)38-39(48-40(3,47-38)31-21-11-6-12-22-31)42(46-37(44)5-2,34-27-17-9-18-28-34)35-29-19-10-20-30-35/h4-30,38-39H,1-2H2,3H3/t38-,39-/m1/s1. The molecule has 0 spiro atoms. The third-order valence-corrected chi connectivity index (χ3v) is 8.75. The van der Waals surface area contributed by atoms with Crippen molar-refractivity contribution in [3.05, 3.63) is 205 Å². The predicted molar refractivity (Wildman–Crippen MR) is 183 cm³/mol. The van der Waals surface area contributed by atoms with E-state index in [2.05, 4.69) is 13.2 Å². The molecule has 5 aromatic carbocycles. The number of carbonyl (C=O) groups excluding carboxylic acids is 2. The van der Waals surface area contributed by atoms with Crippen LogP contribution >= 0.6 is 0 Å². The molecule has 0 amide bonds. The minimum atomic E-state index is -1.64. The average Bonchev–Trinajstić information content (AvgIpc) is 3.53. The second-order valence-electron chi connectivity index (χ2n) is 11.6. The summed E-state index contributed by atoms with van der Waals surface area (Å²) in [6.45, 7) is 9.26. The molecule has 0 unspecified atom stereocenters. The first-order valence-electron chi connectivity index (χ1n) is 15.7. The van der Waals surface area contributed by atoms with Gasteiger partial charge in [-0.2, -0.15) is 0 Å². The van der Waals surface area contributed by atoms with Gasteiger partial charge in [-0.3, -0.25) is 0 Å². The molecule has 0 bridgehead atoms. The Morgan fingerprint density at radius 3 is 1.08 bits per heavy atom. The molecule has 6 nitrogen and oxygen atoms in total. The molecule has 0 radical (unpaired) electrons. The van der Waals surface area contributed by atoms with E-state index in [0.29, 0.717) is 27.8 Å². The van der Waals surface area contributed by atoms with Gasteiger partial charge in [-0.1, -0.05) is 165 Å². The van der Waals surface area contributed by atoms with Crippen LogP contribution in [0.2, 0.25) is 0 Å². The van der Waals surface area contributed by atoms with Gasteiger partial charge < -0.3 is 18.9 Å². The molecule has 1 aliphatic heterocycles. The lowest BCUT2D eigenvalue weighted by atomic mass is 9.71. The van der Waals surface area contributed by atoms with E-state index < -0.39 is 41.1 Å². The number of hydrogen-bond acceptors (Lipinski definition) is 6. The summed E-state index contributed by atoms with van der Waals surface area (Å²) in [7, 11) is 0. The lowest BCUT2D eigenvalue weighted by Crippen LogP contribution is -2.57. The quantitative estimate of drug-likeness (QED) is 0.108. The first kappa shape index (κ1) is 32.4. The Bertz CT molecular complexity index is 1660. The van der Waals surface area contributed by atoms with Crippen molar-refractivity contribution in [2.45, 2.75) is 36.1 Å². The van der Waals surface area contributed by atoms with Crippen molar-refractivity contribution in [1.29, 1.82) is 0 Å². The van der Waals surface area contributed by atoms with Crippen LogP contribution in [-0.4, -0.2) is 24.1 Å². The second-order valence-corrected chi connectivity index (χ2v) is 11.6. The van der Waals surface area contributed by atoms with Gasteiger partial charge in [0.15, 0.2) is 17.0 Å². The predicted octanol–water partition coefficient (Wildman–Crippen LogP) is 7.99. The van der Waals surface area contributed by atoms with Crippen LogP contribution in [0.4, 0.5) is 0 Å². The molecule has 5 aromatic rings. The smallest absolute Gasteiger partial charge is 0.331 e. The van der Waals surface area contributed by atoms with Crippen molar-refractivity contribution >= 4 is 11.9 Å². The Morgan fingerprint density at radius 1 is 0.542 bits per heavy atom. The second kappa shape index (κ2) is 13.7. The van der Waals surface area contributed by atoms with Crippen LogP contribution < -0.4 is 0 Å². The number of carbonyl (C=O) groups is 2. The Morgan fingerprint density at radius 2 is 0.812 bits per heavy atom. The molecule has 1 aliphatic rings. The van der Waals surface area contributed by atoms with Crippen LogP contribution in [0.3, 0.4) is 0 Å². The number of ether oxygens (including phenoxy) is 4. The lowest BCUT2D eigenvalue weighted by Gasteiger charge is -2.45. The van der Waals surface area contributed by atoms with Gasteiger partial charge in [0.05, 0.1) is 0 Å². The normalized spacial score (nSPS) is 17.2. The molecule has 240 valence electrons. The molecule has 6 rings (SSSR count). The van der Waals surface area contributed by atoms with Crippen LogP contribution in [0, 0.1) is 0 Å². The van der Waals surface area contributed by atoms with Gasteiger partial charge in [0.25, 0.3) is 0 Å². The van der Waals surface area contributed by atoms with E-state index in [1.807, 2.05) is 159 Å². The van der Waals surface area contributed by atoms with Crippen LogP contribution in [0.25, 0.3) is 0 Å². The zero-order valence-corrected chi connectivity index (χ0v) is 26.6. The molecule has 0 aliphatic carbocycles. The van der Waals surface area contributed by atoms with Crippen molar-refractivity contribution in [1.82, 2.24) is 0 Å². The monoisotopic (exact) mass is 636 g/mol. The fraction of sp³-hybridized carbons (Fsp3) is 0.143. The Hall–Kier alpha value is -5.56. The molecule has 0 aromatic heterocycles. The van der Waals surface area contributed by atoms with Crippen molar-refractivity contribution < 1.29 is 28.5 Å². The highest BCUT2D eigenvalue weighted by atomic mass is 16.8. The SMILES string of the molecule is C=CC(=O)OC(c1ccccc1)(c1ccccc1)[C@@H]1OC(C)(c2ccccc2)O[C@H]1C(OC(=O)C=C)(c1ccccc1)c1ccccc1. The zero-order chi connectivity index (χ0) is 33.6. The van der Waals surface area contributed by atoms with E-state index in [4.69, 9.17) is 18.9 Å². The highest BCUT2D eigenvalue weighted by Gasteiger charge is 2.66. The minimum absolute atomic E-state index is 0.618. The maximum atomic E-state index is 13.5. The summed E-state index contributed by atoms with van der Waals surface area (Å²) >= 11 is 0. The molecule has 1 heterocycles. The van der Waals surface area contributed by atoms with Gasteiger partial charge in [0, 0.05) is 40.0 Å². The Kier molecular flexibility index (Phi) is 9.21. The van der Waals surface area contributed by atoms with E-state index >= 15 is 0 Å². The van der Waals surface area contributed by atoms with Crippen molar-refractivity contribution in [3.8, 4) is 0 Å². The molecular formula is C42H36O6. The molecule has 0 saturated carbocycles. The van der Waals surface area contributed by atoms with E-state index in [9.17, 15) is 9.59 Å². The summed E-state index contributed by atoms with van der Waals surface area (Å²) in [6.07, 6.45) is -0.00789. The maximum Gasteiger partial charge on any atom is 0.331 e. The summed E-state index contributed by atoms with van der Waals surface area (Å²) < 4.78 is 27.5. The Labute approximate surface area is 280 Å². The fourth-order valence-electron chi connectivity index (χ4n) is 6.59. The fourth-order valence-corrected chi connectivity index (χ4v) is 6.59. The van der Waals surface area contributed by atoms with Crippen molar-refractivity contribution in [3.63, 3.8) is 0 Å². The molecular weight excluding hydrogens is 600 g/mol. The summed E-state index contributed by atoms with van der Waals surface area (Å²) in [5, 5.41) is 0. The molecule has 0 N–H and O–H groups in total. The minimum Gasteiger partial charge on any atom is -0.443 e. The highest BCUT2D eigenvalue weighted by molar-refractivity contribution is 5.83. The largest absolute Gasteiger partial charge is 0.443 e. The van der Waals surface area contributed by atoms with Crippen LogP contribution in [-0.2, 0) is 45.5 Å². The first-order valence-corrected chi connectivity index (χ1v) is 15.7. The van der Waals surface area contributed by atoms with Gasteiger partial charge in [0.1, 0.15) is 12.2 Å². The summed E-state index contributed by atoms with van der Waals surface area (Å²) in [6, 6.07) is 47.1. The van der Waals surface area contributed by atoms with Crippen molar-refractivity contribution in [2.75, 3.05) is 0 Å². The number of benzene rings is 5. The topological polar surface area (TPSA) is 71.1 Å². The van der Waals surface area contributed by atoms with Crippen LogP contribution in [0.15, 0.2) is 177 Å². The third kappa shape index (κ3) is 5.77. The number of hydrogen-bond donors (Lipinski definition) is 0. The zero-order valence-electron chi connectivity index (χ0n) is 26.6. The maximum absolute atomic E-state index is 13.5. The van der Waals surface area contributed by atoms with E-state index in [1.54, 1.807) is 0 Å². The average molecular weight is 637 g/mol. The van der Waals surface area contributed by atoms with Gasteiger partial charge in [0.2, 0.25) is 0 Å². The van der Waals surface area contributed by atoms with E-state index in [-0.39, 0.29) is 0 Å². The molecule has 6 heteroatoms. The number of rotatable bonds is 11. The van der Waals surface area contributed by atoms with Gasteiger partial charge in [-0.15, -0.1) is 0 Å². The number of esters is 2. The third-order valence-electron chi connectivity index (χ3n) is 8.75. The summed E-state index contributed by atoms with van der Waals surface area (Å²) in [5.41, 5.74) is -0.0898. The highest BCUT2D eigenvalue weighted by Crippen LogP contribution is 2.55. The lowest BCUT2D eigenvalue weighted by molar-refractivity contribution is -0.201. The molecule has 48 heavy (non-hydrogen) atoms. The van der Waals surface area contributed by atoms with Crippen LogP contribution in [0.1, 0.15) is 34.7 Å². The van der Waals surface area contributed by atoms with Gasteiger partial charge in [-0.05, 0) is 6.92 Å². The Balaban J connectivity index is 1.75.